The minimum absolute atomic E-state index is 0.0477. The quantitative estimate of drug-likeness (QED) is 0.410. The summed E-state index contributed by atoms with van der Waals surface area (Å²) in [4.78, 5) is 19.7. The fourth-order valence-electron chi connectivity index (χ4n) is 3.46. The van der Waals surface area contributed by atoms with Crippen LogP contribution in [0.1, 0.15) is 5.56 Å². The molecule has 3 aromatic carbocycles. The Labute approximate surface area is 192 Å². The van der Waals surface area contributed by atoms with Crippen LogP contribution >= 0.6 is 39.1 Å². The predicted molar refractivity (Wildman–Crippen MR) is 122 cm³/mol. The van der Waals surface area contributed by atoms with Crippen molar-refractivity contribution in [3.05, 3.63) is 98.2 Å². The maximum Gasteiger partial charge on any atom is 0.331 e. The van der Waals surface area contributed by atoms with Crippen molar-refractivity contribution in [1.82, 2.24) is 0 Å². The second-order valence-corrected chi connectivity index (χ2v) is 8.57. The first kappa shape index (κ1) is 20.7. The van der Waals surface area contributed by atoms with E-state index in [9.17, 15) is 9.90 Å². The summed E-state index contributed by atoms with van der Waals surface area (Å²) in [6, 6.07) is 18.1. The van der Waals surface area contributed by atoms with E-state index in [4.69, 9.17) is 29.8 Å². The van der Waals surface area contributed by atoms with Crippen LogP contribution in [-0.2, 0) is 5.72 Å². The number of rotatable bonds is 3. The molecule has 1 unspecified atom stereocenters. The highest BCUT2D eigenvalue weighted by atomic mass is 79.9. The first-order valence-corrected chi connectivity index (χ1v) is 10.4. The van der Waals surface area contributed by atoms with Crippen LogP contribution in [0, 0.1) is 6.57 Å². The molecule has 0 bridgehead atoms. The van der Waals surface area contributed by atoms with Crippen molar-refractivity contribution in [1.29, 1.82) is 0 Å². The summed E-state index contributed by atoms with van der Waals surface area (Å²) >= 11 is 15.6. The SMILES string of the molecule is [C-]#[N+]c1cc(Cl)cc(C2(O)CN(c3ccc(Br)cc3)C(=O)N2c2ccc(Cl)cc2)c1. The molecule has 5 nitrogen and oxygen atoms in total. The summed E-state index contributed by atoms with van der Waals surface area (Å²) in [6.07, 6.45) is 0. The molecule has 1 N–H and O–H groups in total. The van der Waals surface area contributed by atoms with Gasteiger partial charge in [0.05, 0.1) is 13.1 Å². The highest BCUT2D eigenvalue weighted by molar-refractivity contribution is 9.10. The fourth-order valence-corrected chi connectivity index (χ4v) is 4.08. The van der Waals surface area contributed by atoms with E-state index in [1.54, 1.807) is 48.5 Å². The smallest absolute Gasteiger partial charge is 0.331 e. The number of urea groups is 1. The van der Waals surface area contributed by atoms with Gasteiger partial charge in [-0.25, -0.2) is 9.64 Å². The number of β-amino-alcohol motifs (C(OH)–C–C–N with tert-alkyl or cyclic N) is 1. The molecule has 30 heavy (non-hydrogen) atoms. The Bertz CT molecular complexity index is 1160. The molecule has 1 heterocycles. The summed E-state index contributed by atoms with van der Waals surface area (Å²) in [5, 5.41) is 12.6. The number of anilines is 2. The lowest BCUT2D eigenvalue weighted by Crippen LogP contribution is -2.44. The van der Waals surface area contributed by atoms with Gasteiger partial charge in [-0.1, -0.05) is 39.1 Å². The minimum atomic E-state index is -1.75. The highest BCUT2D eigenvalue weighted by Crippen LogP contribution is 2.42. The molecule has 4 rings (SSSR count). The average molecular weight is 503 g/mol. The van der Waals surface area contributed by atoms with Crippen LogP contribution in [0.15, 0.2) is 71.2 Å². The lowest BCUT2D eigenvalue weighted by atomic mass is 10.0. The molecule has 1 atom stereocenters. The Hall–Kier alpha value is -2.56. The Kier molecular flexibility index (Phi) is 5.48. The number of halogens is 3. The van der Waals surface area contributed by atoms with Gasteiger partial charge >= 0.3 is 6.03 Å². The van der Waals surface area contributed by atoms with E-state index in [0.29, 0.717) is 27.0 Å². The number of hydrogen-bond acceptors (Lipinski definition) is 2. The van der Waals surface area contributed by atoms with E-state index in [2.05, 4.69) is 20.8 Å². The number of nitrogens with zero attached hydrogens (tertiary/aromatic N) is 3. The van der Waals surface area contributed by atoms with Gasteiger partial charge in [0, 0.05) is 25.9 Å². The molecule has 1 aliphatic heterocycles. The van der Waals surface area contributed by atoms with E-state index >= 15 is 0 Å². The first-order chi connectivity index (χ1) is 14.3. The van der Waals surface area contributed by atoms with E-state index in [0.717, 1.165) is 4.47 Å². The van der Waals surface area contributed by atoms with Crippen LogP contribution in [0.25, 0.3) is 4.85 Å². The summed E-state index contributed by atoms with van der Waals surface area (Å²) in [5.74, 6) is 0. The zero-order chi connectivity index (χ0) is 21.5. The van der Waals surface area contributed by atoms with E-state index in [1.807, 2.05) is 12.1 Å². The van der Waals surface area contributed by atoms with Crippen molar-refractivity contribution in [2.75, 3.05) is 16.3 Å². The average Bonchev–Trinajstić information content (AvgIpc) is 3.00. The molecule has 0 radical (unpaired) electrons. The number of carbonyl (C=O) groups is 1. The van der Waals surface area contributed by atoms with Crippen molar-refractivity contribution < 1.29 is 9.90 Å². The monoisotopic (exact) mass is 501 g/mol. The zero-order valence-electron chi connectivity index (χ0n) is 15.4. The molecule has 150 valence electrons. The Morgan fingerprint density at radius 1 is 0.967 bits per heavy atom. The van der Waals surface area contributed by atoms with Gasteiger partial charge in [-0.3, -0.25) is 9.80 Å². The van der Waals surface area contributed by atoms with Crippen molar-refractivity contribution in [2.45, 2.75) is 5.72 Å². The lowest BCUT2D eigenvalue weighted by molar-refractivity contribution is 0.0656. The van der Waals surface area contributed by atoms with E-state index < -0.39 is 11.8 Å². The maximum absolute atomic E-state index is 13.5. The topological polar surface area (TPSA) is 48.1 Å². The molecule has 2 amide bonds. The zero-order valence-corrected chi connectivity index (χ0v) is 18.5. The molecule has 1 aliphatic rings. The van der Waals surface area contributed by atoms with Crippen LogP contribution in [0.3, 0.4) is 0 Å². The lowest BCUT2D eigenvalue weighted by Gasteiger charge is -2.32. The number of hydrogen-bond donors (Lipinski definition) is 1. The molecule has 3 aromatic rings. The van der Waals surface area contributed by atoms with E-state index in [1.165, 1.54) is 15.9 Å². The standard InChI is InChI=1S/C22H14BrCl2N3O2/c1-26-18-11-14(10-17(25)12-18)22(30)13-27(19-6-2-15(23)3-7-19)21(29)28(22)20-8-4-16(24)5-9-20/h2-12,30H,13H2. The Morgan fingerprint density at radius 3 is 2.23 bits per heavy atom. The minimum Gasteiger partial charge on any atom is -0.365 e. The molecule has 0 aromatic heterocycles. The van der Waals surface area contributed by atoms with Gasteiger partial charge in [-0.05, 0) is 72.3 Å². The van der Waals surface area contributed by atoms with Gasteiger partial charge in [-0.2, -0.15) is 0 Å². The summed E-state index contributed by atoms with van der Waals surface area (Å²) < 4.78 is 0.874. The van der Waals surface area contributed by atoms with Crippen molar-refractivity contribution >= 4 is 62.2 Å². The molecule has 1 fully saturated rings. The number of benzene rings is 3. The summed E-state index contributed by atoms with van der Waals surface area (Å²) in [6.45, 7) is 7.27. The molecule has 1 saturated heterocycles. The van der Waals surface area contributed by atoms with Crippen LogP contribution in [-0.4, -0.2) is 17.7 Å². The fraction of sp³-hybridized carbons (Fsp3) is 0.0909. The molecule has 0 spiro atoms. The third-order valence-corrected chi connectivity index (χ3v) is 5.87. The predicted octanol–water partition coefficient (Wildman–Crippen LogP) is 6.60. The second kappa shape index (κ2) is 7.93. The normalized spacial score (nSPS) is 18.6. The number of aliphatic hydroxyl groups is 1. The molecular weight excluding hydrogens is 489 g/mol. The number of amides is 2. The van der Waals surface area contributed by atoms with Gasteiger partial charge in [0.25, 0.3) is 0 Å². The summed E-state index contributed by atoms with van der Waals surface area (Å²) in [5.41, 5.74) is -0.0238. The Balaban J connectivity index is 1.88. The van der Waals surface area contributed by atoms with Crippen molar-refractivity contribution in [2.24, 2.45) is 0 Å². The number of carbonyl (C=O) groups excluding carboxylic acids is 1. The van der Waals surface area contributed by atoms with Crippen LogP contribution in [0.4, 0.5) is 21.9 Å². The first-order valence-electron chi connectivity index (χ1n) is 8.85. The van der Waals surface area contributed by atoms with Crippen LogP contribution < -0.4 is 9.80 Å². The molecule has 0 aliphatic carbocycles. The molecular formula is C22H14BrCl2N3O2. The van der Waals surface area contributed by atoms with Gasteiger partial charge in [0.1, 0.15) is 0 Å². The third kappa shape index (κ3) is 3.66. The van der Waals surface area contributed by atoms with Crippen molar-refractivity contribution in [3.8, 4) is 0 Å². The Morgan fingerprint density at radius 2 is 1.60 bits per heavy atom. The highest BCUT2D eigenvalue weighted by Gasteiger charge is 2.51. The maximum atomic E-state index is 13.5. The van der Waals surface area contributed by atoms with Gasteiger partial charge < -0.3 is 5.11 Å². The van der Waals surface area contributed by atoms with Crippen molar-refractivity contribution in [3.63, 3.8) is 0 Å². The summed E-state index contributed by atoms with van der Waals surface area (Å²) in [7, 11) is 0. The third-order valence-electron chi connectivity index (χ3n) is 4.87. The largest absolute Gasteiger partial charge is 0.365 e. The van der Waals surface area contributed by atoms with Crippen LogP contribution in [0.5, 0.6) is 0 Å². The van der Waals surface area contributed by atoms with Gasteiger partial charge in [0.2, 0.25) is 0 Å². The second-order valence-electron chi connectivity index (χ2n) is 6.78. The van der Waals surface area contributed by atoms with Crippen LogP contribution in [0.2, 0.25) is 10.0 Å². The van der Waals surface area contributed by atoms with E-state index in [-0.39, 0.29) is 12.2 Å². The van der Waals surface area contributed by atoms with Gasteiger partial charge in [-0.15, -0.1) is 0 Å². The molecule has 0 saturated carbocycles. The molecule has 8 heteroatoms. The van der Waals surface area contributed by atoms with Gasteiger partial charge in [0.15, 0.2) is 11.4 Å².